The van der Waals surface area contributed by atoms with E-state index in [0.717, 1.165) is 9.13 Å². The quantitative estimate of drug-likeness (QED) is 0.142. The lowest BCUT2D eigenvalue weighted by Crippen LogP contribution is -2.53. The second kappa shape index (κ2) is 11.3. The SMILES string of the molecule is C=CCN1C(=O)/C(=C/c2cc(I)c(OCc3ccc(Cl)cc3Cl)c(OCC)c2)C(=O)NC1=S. The number of halogens is 3. The summed E-state index contributed by atoms with van der Waals surface area (Å²) in [7, 11) is 0. The maximum Gasteiger partial charge on any atom is 0.265 e. The molecule has 33 heavy (non-hydrogen) atoms. The fourth-order valence-corrected chi connectivity index (χ4v) is 4.51. The van der Waals surface area contributed by atoms with E-state index in [-0.39, 0.29) is 23.8 Å². The van der Waals surface area contributed by atoms with Crippen LogP contribution < -0.4 is 14.8 Å². The van der Waals surface area contributed by atoms with Gasteiger partial charge in [-0.3, -0.25) is 19.8 Å². The fraction of sp³-hybridized carbons (Fsp3) is 0.174. The van der Waals surface area contributed by atoms with Gasteiger partial charge in [0.25, 0.3) is 11.8 Å². The van der Waals surface area contributed by atoms with Gasteiger partial charge in [0.15, 0.2) is 16.6 Å². The lowest BCUT2D eigenvalue weighted by molar-refractivity contribution is -0.128. The Morgan fingerprint density at radius 3 is 2.64 bits per heavy atom. The van der Waals surface area contributed by atoms with E-state index in [2.05, 4.69) is 34.5 Å². The number of carbonyl (C=O) groups excluding carboxylic acids is 2. The molecule has 1 fully saturated rings. The Balaban J connectivity index is 1.93. The third-order valence-electron chi connectivity index (χ3n) is 4.53. The minimum atomic E-state index is -0.559. The molecule has 172 valence electrons. The van der Waals surface area contributed by atoms with E-state index in [0.29, 0.717) is 33.7 Å². The molecule has 10 heteroatoms. The predicted molar refractivity (Wildman–Crippen MR) is 142 cm³/mol. The van der Waals surface area contributed by atoms with Crippen LogP contribution in [0.4, 0.5) is 0 Å². The highest BCUT2D eigenvalue weighted by Crippen LogP contribution is 2.36. The number of nitrogens with one attached hydrogen (secondary N) is 1. The van der Waals surface area contributed by atoms with Crippen molar-refractivity contribution in [3.8, 4) is 11.5 Å². The molecule has 2 aromatic rings. The number of rotatable bonds is 8. The number of carbonyl (C=O) groups is 2. The Hall–Kier alpha value is -2.14. The Morgan fingerprint density at radius 1 is 1.21 bits per heavy atom. The van der Waals surface area contributed by atoms with E-state index in [1.807, 2.05) is 6.92 Å². The van der Waals surface area contributed by atoms with Crippen molar-refractivity contribution in [3.05, 3.63) is 73.3 Å². The van der Waals surface area contributed by atoms with Gasteiger partial charge in [-0.15, -0.1) is 6.58 Å². The van der Waals surface area contributed by atoms with Gasteiger partial charge < -0.3 is 9.47 Å². The lowest BCUT2D eigenvalue weighted by atomic mass is 10.1. The third-order valence-corrected chi connectivity index (χ3v) is 6.24. The number of nitrogens with zero attached hydrogens (tertiary/aromatic N) is 1. The first-order valence-corrected chi connectivity index (χ1v) is 12.0. The smallest absolute Gasteiger partial charge is 0.265 e. The van der Waals surface area contributed by atoms with Gasteiger partial charge in [0.1, 0.15) is 12.2 Å². The molecule has 1 N–H and O–H groups in total. The Kier molecular flexibility index (Phi) is 8.75. The summed E-state index contributed by atoms with van der Waals surface area (Å²) < 4.78 is 12.5. The monoisotopic (exact) mass is 616 g/mol. The Morgan fingerprint density at radius 2 is 1.97 bits per heavy atom. The Bertz CT molecular complexity index is 1170. The third kappa shape index (κ3) is 6.06. The molecule has 3 rings (SSSR count). The van der Waals surface area contributed by atoms with Gasteiger partial charge in [-0.05, 0) is 77.6 Å². The normalized spacial score (nSPS) is 15.0. The van der Waals surface area contributed by atoms with Gasteiger partial charge in [-0.1, -0.05) is 35.3 Å². The summed E-state index contributed by atoms with van der Waals surface area (Å²) >= 11 is 19.4. The molecule has 1 heterocycles. The summed E-state index contributed by atoms with van der Waals surface area (Å²) in [4.78, 5) is 26.5. The molecule has 1 aliphatic heterocycles. The molecule has 0 aliphatic carbocycles. The highest BCUT2D eigenvalue weighted by atomic mass is 127. The Labute approximate surface area is 220 Å². The molecule has 1 saturated heterocycles. The van der Waals surface area contributed by atoms with Crippen molar-refractivity contribution in [2.45, 2.75) is 13.5 Å². The van der Waals surface area contributed by atoms with Crippen LogP contribution in [0, 0.1) is 3.57 Å². The summed E-state index contributed by atoms with van der Waals surface area (Å²) in [6.45, 7) is 6.27. The average Bonchev–Trinajstić information content (AvgIpc) is 2.75. The minimum absolute atomic E-state index is 0.0367. The van der Waals surface area contributed by atoms with Crippen LogP contribution >= 0.6 is 58.0 Å². The van der Waals surface area contributed by atoms with Crippen LogP contribution in [0.25, 0.3) is 6.08 Å². The van der Waals surface area contributed by atoms with E-state index in [1.54, 1.807) is 30.3 Å². The van der Waals surface area contributed by atoms with Gasteiger partial charge in [-0.25, -0.2) is 0 Å². The molecule has 0 spiro atoms. The highest BCUT2D eigenvalue weighted by Gasteiger charge is 2.32. The predicted octanol–water partition coefficient (Wildman–Crippen LogP) is 5.39. The molecule has 0 bridgehead atoms. The van der Waals surface area contributed by atoms with Crippen LogP contribution in [0.1, 0.15) is 18.1 Å². The molecular weight excluding hydrogens is 598 g/mol. The van der Waals surface area contributed by atoms with E-state index in [4.69, 9.17) is 44.9 Å². The largest absolute Gasteiger partial charge is 0.490 e. The summed E-state index contributed by atoms with van der Waals surface area (Å²) in [6.07, 6.45) is 3.04. The van der Waals surface area contributed by atoms with Crippen molar-refractivity contribution in [2.24, 2.45) is 0 Å². The van der Waals surface area contributed by atoms with Gasteiger partial charge in [0, 0.05) is 22.2 Å². The van der Waals surface area contributed by atoms with Crippen LogP contribution in [-0.4, -0.2) is 35.0 Å². The highest BCUT2D eigenvalue weighted by molar-refractivity contribution is 14.1. The number of hydrogen-bond donors (Lipinski definition) is 1. The van der Waals surface area contributed by atoms with Crippen LogP contribution in [-0.2, 0) is 16.2 Å². The number of ether oxygens (including phenoxy) is 2. The molecule has 0 aromatic heterocycles. The van der Waals surface area contributed by atoms with Crippen molar-refractivity contribution in [1.82, 2.24) is 10.2 Å². The van der Waals surface area contributed by atoms with Crippen LogP contribution in [0.3, 0.4) is 0 Å². The van der Waals surface area contributed by atoms with Crippen molar-refractivity contribution >= 4 is 81.0 Å². The topological polar surface area (TPSA) is 67.9 Å². The van der Waals surface area contributed by atoms with Crippen molar-refractivity contribution in [2.75, 3.05) is 13.2 Å². The molecule has 0 saturated carbocycles. The van der Waals surface area contributed by atoms with E-state index >= 15 is 0 Å². The van der Waals surface area contributed by atoms with Gasteiger partial charge in [-0.2, -0.15) is 0 Å². The van der Waals surface area contributed by atoms with Crippen molar-refractivity contribution in [1.29, 1.82) is 0 Å². The first-order chi connectivity index (χ1) is 15.7. The van der Waals surface area contributed by atoms with Crippen molar-refractivity contribution in [3.63, 3.8) is 0 Å². The van der Waals surface area contributed by atoms with E-state index < -0.39 is 11.8 Å². The molecule has 0 atom stereocenters. The maximum atomic E-state index is 12.8. The molecule has 2 amide bonds. The number of thiocarbonyl (C=S) groups is 1. The second-order valence-corrected chi connectivity index (χ2v) is 9.20. The average molecular weight is 617 g/mol. The summed E-state index contributed by atoms with van der Waals surface area (Å²) in [5, 5.41) is 3.62. The van der Waals surface area contributed by atoms with Gasteiger partial charge >= 0.3 is 0 Å². The number of hydrogen-bond acceptors (Lipinski definition) is 5. The summed E-state index contributed by atoms with van der Waals surface area (Å²) in [6, 6.07) is 8.69. The van der Waals surface area contributed by atoms with Gasteiger partial charge in [0.05, 0.1) is 10.2 Å². The molecule has 1 aliphatic rings. The zero-order chi connectivity index (χ0) is 24.1. The van der Waals surface area contributed by atoms with Crippen LogP contribution in [0.2, 0.25) is 10.0 Å². The summed E-state index contributed by atoms with van der Waals surface area (Å²) in [5.74, 6) is -0.0479. The summed E-state index contributed by atoms with van der Waals surface area (Å²) in [5.41, 5.74) is 1.34. The van der Waals surface area contributed by atoms with Gasteiger partial charge in [0.2, 0.25) is 0 Å². The van der Waals surface area contributed by atoms with E-state index in [1.165, 1.54) is 17.1 Å². The molecule has 0 unspecified atom stereocenters. The molecule has 2 aromatic carbocycles. The number of benzene rings is 2. The zero-order valence-electron chi connectivity index (χ0n) is 17.5. The van der Waals surface area contributed by atoms with Crippen molar-refractivity contribution < 1.29 is 19.1 Å². The minimum Gasteiger partial charge on any atom is -0.490 e. The molecular formula is C23H19Cl2IN2O4S. The second-order valence-electron chi connectivity index (χ2n) is 6.81. The number of amides is 2. The lowest BCUT2D eigenvalue weighted by Gasteiger charge is -2.27. The zero-order valence-corrected chi connectivity index (χ0v) is 22.0. The standard InChI is InChI=1S/C23H19Cl2IN2O4S/c1-3-7-28-22(30)16(21(29)27-23(28)33)8-13-9-18(26)20(19(10-13)31-4-2)32-12-14-5-6-15(24)11-17(14)25/h3,5-6,8-11H,1,4,7,12H2,2H3,(H,27,29,33)/b16-8+. The van der Waals surface area contributed by atoms with E-state index in [9.17, 15) is 9.59 Å². The van der Waals surface area contributed by atoms with Crippen LogP contribution in [0.5, 0.6) is 11.5 Å². The van der Waals surface area contributed by atoms with Crippen LogP contribution in [0.15, 0.2) is 48.6 Å². The molecule has 6 nitrogen and oxygen atoms in total. The maximum absolute atomic E-state index is 12.8. The molecule has 0 radical (unpaired) electrons. The fourth-order valence-electron chi connectivity index (χ4n) is 3.02. The first-order valence-electron chi connectivity index (χ1n) is 9.78. The first kappa shape index (κ1) is 25.5.